The molecule has 0 fully saturated rings. The highest BCUT2D eigenvalue weighted by Gasteiger charge is 2.36. The number of aliphatic carboxylic acids is 1. The van der Waals surface area contributed by atoms with Gasteiger partial charge in [0.05, 0.1) is 0 Å². The van der Waals surface area contributed by atoms with Gasteiger partial charge in [0.2, 0.25) is 0 Å². The van der Waals surface area contributed by atoms with Gasteiger partial charge in [0.25, 0.3) is 5.91 Å². The average Bonchev–Trinajstić information content (AvgIpc) is 2.38. The summed E-state index contributed by atoms with van der Waals surface area (Å²) in [4.78, 5) is 24.7. The second-order valence-electron chi connectivity index (χ2n) is 5.20. The first-order valence-electron chi connectivity index (χ1n) is 6.63. The van der Waals surface area contributed by atoms with Crippen molar-refractivity contribution in [3.8, 4) is 5.75 Å². The standard InChI is InChI=1S/C15H20ClNO4/c1-5-17(15(3,4)14(19)20)13(18)9-21-12-7-6-11(16)8-10(12)2/h6-8H,5,9H2,1-4H3,(H,19,20). The highest BCUT2D eigenvalue weighted by atomic mass is 35.5. The Balaban J connectivity index is 2.78. The second kappa shape index (κ2) is 6.80. The fourth-order valence-electron chi connectivity index (χ4n) is 1.99. The van der Waals surface area contributed by atoms with Crippen LogP contribution in [0.3, 0.4) is 0 Å². The van der Waals surface area contributed by atoms with Gasteiger partial charge in [-0.05, 0) is 51.5 Å². The van der Waals surface area contributed by atoms with E-state index < -0.39 is 11.5 Å². The zero-order valence-electron chi connectivity index (χ0n) is 12.6. The number of carbonyl (C=O) groups excluding carboxylic acids is 1. The van der Waals surface area contributed by atoms with Crippen LogP contribution in [0.1, 0.15) is 26.3 Å². The largest absolute Gasteiger partial charge is 0.483 e. The summed E-state index contributed by atoms with van der Waals surface area (Å²) >= 11 is 5.85. The number of carboxylic acid groups (broad SMARTS) is 1. The molecule has 1 amide bonds. The van der Waals surface area contributed by atoms with Gasteiger partial charge >= 0.3 is 5.97 Å². The summed E-state index contributed by atoms with van der Waals surface area (Å²) in [5.74, 6) is -0.878. The van der Waals surface area contributed by atoms with E-state index in [4.69, 9.17) is 16.3 Å². The number of likely N-dealkylation sites (N-methyl/N-ethyl adjacent to an activating group) is 1. The molecule has 0 aliphatic heterocycles. The molecule has 0 atom stereocenters. The molecule has 0 radical (unpaired) electrons. The van der Waals surface area contributed by atoms with Crippen molar-refractivity contribution in [3.05, 3.63) is 28.8 Å². The van der Waals surface area contributed by atoms with Crippen LogP contribution in [0.4, 0.5) is 0 Å². The zero-order chi connectivity index (χ0) is 16.2. The van der Waals surface area contributed by atoms with Gasteiger partial charge in [-0.3, -0.25) is 4.79 Å². The smallest absolute Gasteiger partial charge is 0.329 e. The van der Waals surface area contributed by atoms with Crippen LogP contribution in [0.25, 0.3) is 0 Å². The number of amides is 1. The molecular weight excluding hydrogens is 294 g/mol. The summed E-state index contributed by atoms with van der Waals surface area (Å²) in [6, 6.07) is 5.09. The van der Waals surface area contributed by atoms with Gasteiger partial charge in [0, 0.05) is 11.6 Å². The predicted molar refractivity (Wildman–Crippen MR) is 80.8 cm³/mol. The minimum absolute atomic E-state index is 0.215. The Morgan fingerprint density at radius 3 is 2.48 bits per heavy atom. The number of aryl methyl sites for hydroxylation is 1. The SMILES string of the molecule is CCN(C(=O)COc1ccc(Cl)cc1C)C(C)(C)C(=O)O. The third-order valence-electron chi connectivity index (χ3n) is 3.30. The lowest BCUT2D eigenvalue weighted by Crippen LogP contribution is -2.54. The normalized spacial score (nSPS) is 11.1. The summed E-state index contributed by atoms with van der Waals surface area (Å²) in [6.45, 7) is 6.61. The van der Waals surface area contributed by atoms with E-state index in [9.17, 15) is 14.7 Å². The van der Waals surface area contributed by atoms with Crippen LogP contribution in [0, 0.1) is 6.92 Å². The van der Waals surface area contributed by atoms with Crippen molar-refractivity contribution in [3.63, 3.8) is 0 Å². The Kier molecular flexibility index (Phi) is 5.61. The molecule has 1 N–H and O–H groups in total. The van der Waals surface area contributed by atoms with Gasteiger partial charge in [-0.1, -0.05) is 11.6 Å². The molecule has 1 rings (SSSR count). The van der Waals surface area contributed by atoms with E-state index in [2.05, 4.69) is 0 Å². The van der Waals surface area contributed by atoms with Crippen LogP contribution in [0.15, 0.2) is 18.2 Å². The van der Waals surface area contributed by atoms with E-state index in [1.807, 2.05) is 6.92 Å². The van der Waals surface area contributed by atoms with Crippen LogP contribution in [0.5, 0.6) is 5.75 Å². The Morgan fingerprint density at radius 1 is 1.38 bits per heavy atom. The van der Waals surface area contributed by atoms with E-state index in [0.29, 0.717) is 17.3 Å². The Bertz CT molecular complexity index is 542. The Labute approximate surface area is 129 Å². The summed E-state index contributed by atoms with van der Waals surface area (Å²) in [5.41, 5.74) is -0.458. The maximum Gasteiger partial charge on any atom is 0.329 e. The molecule has 1 aromatic rings. The summed E-state index contributed by atoms with van der Waals surface area (Å²) in [6.07, 6.45) is 0. The number of hydrogen-bond donors (Lipinski definition) is 1. The van der Waals surface area contributed by atoms with Gasteiger partial charge in [-0.25, -0.2) is 4.79 Å². The van der Waals surface area contributed by atoms with Crippen LogP contribution >= 0.6 is 11.6 Å². The van der Waals surface area contributed by atoms with E-state index in [1.54, 1.807) is 25.1 Å². The number of hydrogen-bond acceptors (Lipinski definition) is 3. The first-order chi connectivity index (χ1) is 9.70. The van der Waals surface area contributed by atoms with E-state index in [0.717, 1.165) is 5.56 Å². The minimum atomic E-state index is -1.27. The van der Waals surface area contributed by atoms with Crippen LogP contribution in [-0.2, 0) is 9.59 Å². The number of benzene rings is 1. The molecular formula is C15H20ClNO4. The van der Waals surface area contributed by atoms with Gasteiger partial charge in [0.1, 0.15) is 11.3 Å². The topological polar surface area (TPSA) is 66.8 Å². The summed E-state index contributed by atoms with van der Waals surface area (Å²) in [5, 5.41) is 9.79. The van der Waals surface area contributed by atoms with Gasteiger partial charge in [-0.15, -0.1) is 0 Å². The molecule has 0 unspecified atom stereocenters. The van der Waals surface area contributed by atoms with Crippen LogP contribution < -0.4 is 4.74 Å². The van der Waals surface area contributed by atoms with Gasteiger partial charge in [0.15, 0.2) is 6.61 Å². The van der Waals surface area contributed by atoms with E-state index in [1.165, 1.54) is 18.7 Å². The molecule has 5 nitrogen and oxygen atoms in total. The van der Waals surface area contributed by atoms with Crippen molar-refractivity contribution >= 4 is 23.5 Å². The van der Waals surface area contributed by atoms with Crippen molar-refractivity contribution in [2.24, 2.45) is 0 Å². The van der Waals surface area contributed by atoms with Crippen LogP contribution in [0.2, 0.25) is 5.02 Å². The second-order valence-corrected chi connectivity index (χ2v) is 5.64. The number of carboxylic acids is 1. The monoisotopic (exact) mass is 313 g/mol. The van der Waals surface area contributed by atoms with Crippen molar-refractivity contribution in [1.82, 2.24) is 4.90 Å². The number of rotatable bonds is 6. The highest BCUT2D eigenvalue weighted by Crippen LogP contribution is 2.22. The molecule has 6 heteroatoms. The maximum absolute atomic E-state index is 12.2. The lowest BCUT2D eigenvalue weighted by atomic mass is 10.0. The first kappa shape index (κ1) is 17.3. The summed E-state index contributed by atoms with van der Waals surface area (Å²) < 4.78 is 5.47. The number of nitrogens with zero attached hydrogens (tertiary/aromatic N) is 1. The third kappa shape index (κ3) is 4.11. The molecule has 116 valence electrons. The molecule has 1 aromatic carbocycles. The summed E-state index contributed by atoms with van der Waals surface area (Å²) in [7, 11) is 0. The Morgan fingerprint density at radius 2 is 2.00 bits per heavy atom. The number of carbonyl (C=O) groups is 2. The molecule has 0 spiro atoms. The van der Waals surface area contributed by atoms with E-state index >= 15 is 0 Å². The molecule has 0 saturated heterocycles. The predicted octanol–water partition coefficient (Wildman–Crippen LogP) is 2.74. The van der Waals surface area contributed by atoms with Gasteiger partial charge in [-0.2, -0.15) is 0 Å². The minimum Gasteiger partial charge on any atom is -0.483 e. The molecule has 21 heavy (non-hydrogen) atoms. The maximum atomic E-state index is 12.2. The van der Waals surface area contributed by atoms with Crippen LogP contribution in [-0.4, -0.2) is 40.6 Å². The molecule has 0 aromatic heterocycles. The zero-order valence-corrected chi connectivity index (χ0v) is 13.4. The quantitative estimate of drug-likeness (QED) is 0.877. The fourth-order valence-corrected chi connectivity index (χ4v) is 2.22. The lowest BCUT2D eigenvalue weighted by molar-refractivity contribution is -0.157. The lowest BCUT2D eigenvalue weighted by Gasteiger charge is -2.34. The molecule has 0 bridgehead atoms. The Hall–Kier alpha value is -1.75. The highest BCUT2D eigenvalue weighted by molar-refractivity contribution is 6.30. The molecule has 0 aliphatic carbocycles. The van der Waals surface area contributed by atoms with Crippen molar-refractivity contribution in [2.75, 3.05) is 13.2 Å². The van der Waals surface area contributed by atoms with Crippen molar-refractivity contribution < 1.29 is 19.4 Å². The first-order valence-corrected chi connectivity index (χ1v) is 7.00. The number of ether oxygens (including phenoxy) is 1. The molecule has 0 heterocycles. The van der Waals surface area contributed by atoms with Crippen molar-refractivity contribution in [1.29, 1.82) is 0 Å². The molecule has 0 aliphatic rings. The third-order valence-corrected chi connectivity index (χ3v) is 3.54. The molecule has 0 saturated carbocycles. The average molecular weight is 314 g/mol. The van der Waals surface area contributed by atoms with Crippen molar-refractivity contribution in [2.45, 2.75) is 33.2 Å². The fraction of sp³-hybridized carbons (Fsp3) is 0.467. The number of halogens is 1. The van der Waals surface area contributed by atoms with Gasteiger partial charge < -0.3 is 14.7 Å². The van der Waals surface area contributed by atoms with E-state index in [-0.39, 0.29) is 12.5 Å².